The van der Waals surface area contributed by atoms with Crippen molar-refractivity contribution in [2.75, 3.05) is 21.3 Å². The molecule has 8 heteroatoms. The summed E-state index contributed by atoms with van der Waals surface area (Å²) in [7, 11) is 0.704. The van der Waals surface area contributed by atoms with E-state index >= 15 is 0 Å². The summed E-state index contributed by atoms with van der Waals surface area (Å²) in [6.45, 7) is 0. The molecular weight excluding hydrogens is 234 g/mol. The maximum Gasteiger partial charge on any atom is 0.224 e. The third-order valence-corrected chi connectivity index (χ3v) is 3.19. The number of rotatable bonds is 5. The summed E-state index contributed by atoms with van der Waals surface area (Å²) in [4.78, 5) is 7.64. The van der Waals surface area contributed by atoms with Crippen LogP contribution in [0.3, 0.4) is 0 Å². The third kappa shape index (κ3) is 2.80. The fraction of sp³-hybridized carbons (Fsp3) is 0.500. The Morgan fingerprint density at radius 2 is 1.75 bits per heavy atom. The van der Waals surface area contributed by atoms with Gasteiger partial charge in [0.25, 0.3) is 0 Å². The summed E-state index contributed by atoms with van der Waals surface area (Å²) in [5, 5.41) is 0. The van der Waals surface area contributed by atoms with Gasteiger partial charge in [0.2, 0.25) is 21.8 Å². The first-order valence-electron chi connectivity index (χ1n) is 4.37. The first kappa shape index (κ1) is 12.7. The molecule has 0 amide bonds. The van der Waals surface area contributed by atoms with Crippen molar-refractivity contribution in [1.29, 1.82) is 0 Å². The Morgan fingerprint density at radius 1 is 1.25 bits per heavy atom. The molecule has 16 heavy (non-hydrogen) atoms. The topological polar surface area (TPSA) is 90.4 Å². The number of methoxy groups -OCH3 is 2. The van der Waals surface area contributed by atoms with Gasteiger partial charge >= 0.3 is 0 Å². The standard InChI is InChI=1S/C8H13N3O4S/c1-9-16(12,13)4-6-7(14-2)10-5-11-8(6)15-3/h5,9H,4H2,1-3H3. The van der Waals surface area contributed by atoms with Gasteiger partial charge in [0, 0.05) is 0 Å². The van der Waals surface area contributed by atoms with E-state index in [-0.39, 0.29) is 17.5 Å². The average molecular weight is 247 g/mol. The fourth-order valence-electron chi connectivity index (χ4n) is 1.12. The van der Waals surface area contributed by atoms with Gasteiger partial charge in [0.15, 0.2) is 0 Å². The molecule has 1 aromatic rings. The predicted molar refractivity (Wildman–Crippen MR) is 56.8 cm³/mol. The summed E-state index contributed by atoms with van der Waals surface area (Å²) in [5.74, 6) is 0.0767. The molecule has 0 saturated heterocycles. The summed E-state index contributed by atoms with van der Waals surface area (Å²) in [6.07, 6.45) is 1.24. The minimum absolute atomic E-state index is 0.186. The first-order valence-corrected chi connectivity index (χ1v) is 6.02. The zero-order valence-corrected chi connectivity index (χ0v) is 10.0. The van der Waals surface area contributed by atoms with E-state index in [1.54, 1.807) is 0 Å². The van der Waals surface area contributed by atoms with Crippen LogP contribution in [0, 0.1) is 0 Å². The second-order valence-electron chi connectivity index (χ2n) is 2.83. The Labute approximate surface area is 93.9 Å². The molecule has 0 spiro atoms. The molecule has 0 atom stereocenters. The van der Waals surface area contributed by atoms with E-state index in [0.29, 0.717) is 5.56 Å². The van der Waals surface area contributed by atoms with Crippen molar-refractivity contribution in [3.63, 3.8) is 0 Å². The summed E-state index contributed by atoms with van der Waals surface area (Å²) in [6, 6.07) is 0. The van der Waals surface area contributed by atoms with E-state index in [1.807, 2.05) is 0 Å². The van der Waals surface area contributed by atoms with E-state index in [9.17, 15) is 8.42 Å². The van der Waals surface area contributed by atoms with Crippen LogP contribution in [-0.2, 0) is 15.8 Å². The molecule has 0 saturated carbocycles. The van der Waals surface area contributed by atoms with Crippen molar-refractivity contribution in [3.8, 4) is 11.8 Å². The highest BCUT2D eigenvalue weighted by Crippen LogP contribution is 2.25. The van der Waals surface area contributed by atoms with E-state index in [2.05, 4.69) is 14.7 Å². The van der Waals surface area contributed by atoms with Crippen molar-refractivity contribution in [1.82, 2.24) is 14.7 Å². The second-order valence-corrected chi connectivity index (χ2v) is 4.76. The van der Waals surface area contributed by atoms with Gasteiger partial charge in [-0.05, 0) is 7.05 Å². The quantitative estimate of drug-likeness (QED) is 0.757. The zero-order valence-electron chi connectivity index (χ0n) is 9.22. The van der Waals surface area contributed by atoms with Gasteiger partial charge in [-0.3, -0.25) is 0 Å². The minimum Gasteiger partial charge on any atom is -0.481 e. The number of sulfonamides is 1. The normalized spacial score (nSPS) is 11.2. The van der Waals surface area contributed by atoms with Crippen LogP contribution in [0.2, 0.25) is 0 Å². The number of hydrogen-bond acceptors (Lipinski definition) is 6. The van der Waals surface area contributed by atoms with Gasteiger partial charge in [-0.25, -0.2) is 23.1 Å². The lowest BCUT2D eigenvalue weighted by Gasteiger charge is -2.10. The van der Waals surface area contributed by atoms with Crippen molar-refractivity contribution in [2.24, 2.45) is 0 Å². The van der Waals surface area contributed by atoms with Gasteiger partial charge in [0.05, 0.1) is 25.5 Å². The smallest absolute Gasteiger partial charge is 0.224 e. The molecule has 0 fully saturated rings. The van der Waals surface area contributed by atoms with Crippen molar-refractivity contribution in [2.45, 2.75) is 5.75 Å². The lowest BCUT2D eigenvalue weighted by molar-refractivity contribution is 0.364. The lowest BCUT2D eigenvalue weighted by atomic mass is 10.3. The molecule has 7 nitrogen and oxygen atoms in total. The van der Waals surface area contributed by atoms with Crippen LogP contribution in [0.4, 0.5) is 0 Å². The molecule has 0 unspecified atom stereocenters. The van der Waals surface area contributed by atoms with Crippen LogP contribution in [0.25, 0.3) is 0 Å². The van der Waals surface area contributed by atoms with Gasteiger partial charge in [-0.1, -0.05) is 0 Å². The Morgan fingerprint density at radius 3 is 2.12 bits per heavy atom. The van der Waals surface area contributed by atoms with Gasteiger partial charge < -0.3 is 9.47 Å². The molecule has 1 N–H and O–H groups in total. The molecular formula is C8H13N3O4S. The molecule has 0 aliphatic heterocycles. The van der Waals surface area contributed by atoms with Crippen LogP contribution in [-0.4, -0.2) is 39.7 Å². The molecule has 1 rings (SSSR count). The number of aromatic nitrogens is 2. The van der Waals surface area contributed by atoms with Crippen LogP contribution < -0.4 is 14.2 Å². The Balaban J connectivity index is 3.19. The van der Waals surface area contributed by atoms with Crippen LogP contribution in [0.15, 0.2) is 6.33 Å². The fourth-order valence-corrected chi connectivity index (χ4v) is 1.89. The summed E-state index contributed by atoms with van der Waals surface area (Å²) < 4.78 is 35.0. The highest BCUT2D eigenvalue weighted by Gasteiger charge is 2.19. The van der Waals surface area contributed by atoms with Crippen molar-refractivity contribution < 1.29 is 17.9 Å². The van der Waals surface area contributed by atoms with Crippen LogP contribution >= 0.6 is 0 Å². The highest BCUT2D eigenvalue weighted by molar-refractivity contribution is 7.88. The number of hydrogen-bond donors (Lipinski definition) is 1. The minimum atomic E-state index is -3.43. The maximum absolute atomic E-state index is 11.4. The van der Waals surface area contributed by atoms with Crippen LogP contribution in [0.5, 0.6) is 11.8 Å². The largest absolute Gasteiger partial charge is 0.481 e. The Bertz CT molecular complexity index is 438. The number of nitrogens with one attached hydrogen (secondary N) is 1. The SMILES string of the molecule is CNS(=O)(=O)Cc1c(OC)ncnc1OC. The van der Waals surface area contributed by atoms with Gasteiger partial charge in [-0.15, -0.1) is 0 Å². The van der Waals surface area contributed by atoms with Gasteiger partial charge in [0.1, 0.15) is 6.33 Å². The summed E-state index contributed by atoms with van der Waals surface area (Å²) >= 11 is 0. The zero-order chi connectivity index (χ0) is 12.2. The molecule has 1 aromatic heterocycles. The van der Waals surface area contributed by atoms with Gasteiger partial charge in [-0.2, -0.15) is 0 Å². The first-order chi connectivity index (χ1) is 7.54. The molecule has 0 bridgehead atoms. The van der Waals surface area contributed by atoms with Crippen LogP contribution in [0.1, 0.15) is 5.56 Å². The highest BCUT2D eigenvalue weighted by atomic mass is 32.2. The molecule has 90 valence electrons. The molecule has 0 aliphatic carbocycles. The van der Waals surface area contributed by atoms with Crippen molar-refractivity contribution >= 4 is 10.0 Å². The molecule has 1 heterocycles. The molecule has 0 radical (unpaired) electrons. The van der Waals surface area contributed by atoms with E-state index in [1.165, 1.54) is 27.6 Å². The molecule has 0 aromatic carbocycles. The Hall–Kier alpha value is -1.41. The van der Waals surface area contributed by atoms with E-state index in [0.717, 1.165) is 0 Å². The van der Waals surface area contributed by atoms with Crippen molar-refractivity contribution in [3.05, 3.63) is 11.9 Å². The van der Waals surface area contributed by atoms with E-state index < -0.39 is 10.0 Å². The lowest BCUT2D eigenvalue weighted by Crippen LogP contribution is -2.21. The number of nitrogens with zero attached hydrogens (tertiary/aromatic N) is 2. The number of ether oxygens (including phenoxy) is 2. The maximum atomic E-state index is 11.4. The Kier molecular flexibility index (Phi) is 4.02. The monoisotopic (exact) mass is 247 g/mol. The molecule has 0 aliphatic rings. The summed E-state index contributed by atoms with van der Waals surface area (Å²) in [5.41, 5.74) is 0.293. The second kappa shape index (κ2) is 5.08. The average Bonchev–Trinajstić information content (AvgIpc) is 2.29. The van der Waals surface area contributed by atoms with E-state index in [4.69, 9.17) is 9.47 Å². The third-order valence-electron chi connectivity index (χ3n) is 1.90. The predicted octanol–water partition coefficient (Wildman–Crippen LogP) is -0.457.